The number of aryl methyl sites for hydroxylation is 2. The fourth-order valence-corrected chi connectivity index (χ4v) is 2.17. The minimum Gasteiger partial charge on any atom is -0.314 e. The standard InChI is InChI=1S/C10H16BrN3/c1-7-10(11)9(14(2)13-7)5-6-12-8-3-4-8/h8,12H,3-6H2,1-2H3. The maximum absolute atomic E-state index is 4.37. The lowest BCUT2D eigenvalue weighted by Gasteiger charge is -2.03. The second-order valence-electron chi connectivity index (χ2n) is 3.95. The highest BCUT2D eigenvalue weighted by atomic mass is 79.9. The number of aromatic nitrogens is 2. The Balaban J connectivity index is 1.93. The zero-order valence-electron chi connectivity index (χ0n) is 8.68. The molecule has 1 aliphatic carbocycles. The molecule has 1 aromatic heterocycles. The van der Waals surface area contributed by atoms with Gasteiger partial charge in [0.25, 0.3) is 0 Å². The summed E-state index contributed by atoms with van der Waals surface area (Å²) in [6, 6.07) is 0.795. The fourth-order valence-electron chi connectivity index (χ4n) is 1.63. The Morgan fingerprint density at radius 3 is 2.79 bits per heavy atom. The van der Waals surface area contributed by atoms with Crippen molar-refractivity contribution in [3.63, 3.8) is 0 Å². The first-order chi connectivity index (χ1) is 6.68. The van der Waals surface area contributed by atoms with Gasteiger partial charge >= 0.3 is 0 Å². The highest BCUT2D eigenvalue weighted by Crippen LogP contribution is 2.21. The molecule has 1 fully saturated rings. The van der Waals surface area contributed by atoms with Crippen LogP contribution in [0.5, 0.6) is 0 Å². The molecule has 0 atom stereocenters. The molecule has 0 spiro atoms. The van der Waals surface area contributed by atoms with Crippen LogP contribution >= 0.6 is 15.9 Å². The van der Waals surface area contributed by atoms with Gasteiger partial charge in [-0.25, -0.2) is 0 Å². The summed E-state index contributed by atoms with van der Waals surface area (Å²) in [6.45, 7) is 3.09. The van der Waals surface area contributed by atoms with E-state index in [9.17, 15) is 0 Å². The molecule has 3 nitrogen and oxygen atoms in total. The molecule has 0 aliphatic heterocycles. The molecule has 1 aromatic rings. The van der Waals surface area contributed by atoms with Gasteiger partial charge < -0.3 is 5.32 Å². The van der Waals surface area contributed by atoms with Gasteiger partial charge in [-0.15, -0.1) is 0 Å². The Hall–Kier alpha value is -0.350. The molecule has 78 valence electrons. The molecule has 4 heteroatoms. The van der Waals surface area contributed by atoms with Crippen LogP contribution in [-0.4, -0.2) is 22.4 Å². The lowest BCUT2D eigenvalue weighted by Crippen LogP contribution is -2.20. The molecule has 0 unspecified atom stereocenters. The first-order valence-corrected chi connectivity index (χ1v) is 5.89. The summed E-state index contributed by atoms with van der Waals surface area (Å²) in [6.07, 6.45) is 3.76. The van der Waals surface area contributed by atoms with E-state index in [1.54, 1.807) is 0 Å². The normalized spacial score (nSPS) is 16.2. The first-order valence-electron chi connectivity index (χ1n) is 5.10. The molecule has 0 bridgehead atoms. The van der Waals surface area contributed by atoms with Crippen LogP contribution in [-0.2, 0) is 13.5 Å². The van der Waals surface area contributed by atoms with Gasteiger partial charge in [0.2, 0.25) is 0 Å². The third-order valence-electron chi connectivity index (χ3n) is 2.63. The van der Waals surface area contributed by atoms with Crippen LogP contribution < -0.4 is 5.32 Å². The monoisotopic (exact) mass is 257 g/mol. The zero-order valence-corrected chi connectivity index (χ0v) is 10.3. The molecular formula is C10H16BrN3. The van der Waals surface area contributed by atoms with Gasteiger partial charge in [0, 0.05) is 26.1 Å². The smallest absolute Gasteiger partial charge is 0.0738 e. The predicted molar refractivity (Wildman–Crippen MR) is 60.4 cm³/mol. The van der Waals surface area contributed by atoms with Gasteiger partial charge in [-0.1, -0.05) is 0 Å². The van der Waals surface area contributed by atoms with E-state index < -0.39 is 0 Å². The van der Waals surface area contributed by atoms with Crippen molar-refractivity contribution in [3.8, 4) is 0 Å². The minimum atomic E-state index is 0.795. The number of nitrogens with one attached hydrogen (secondary N) is 1. The lowest BCUT2D eigenvalue weighted by atomic mass is 10.3. The number of nitrogens with zero attached hydrogens (tertiary/aromatic N) is 2. The summed E-state index contributed by atoms with van der Waals surface area (Å²) >= 11 is 3.57. The molecule has 14 heavy (non-hydrogen) atoms. The summed E-state index contributed by atoms with van der Waals surface area (Å²) < 4.78 is 3.13. The van der Waals surface area contributed by atoms with Crippen molar-refractivity contribution in [1.29, 1.82) is 0 Å². The topological polar surface area (TPSA) is 29.9 Å². The van der Waals surface area contributed by atoms with Crippen molar-refractivity contribution in [2.45, 2.75) is 32.2 Å². The van der Waals surface area contributed by atoms with Crippen LogP contribution in [0.2, 0.25) is 0 Å². The van der Waals surface area contributed by atoms with Gasteiger partial charge in [-0.3, -0.25) is 4.68 Å². The second-order valence-corrected chi connectivity index (χ2v) is 4.74. The second kappa shape index (κ2) is 4.03. The van der Waals surface area contributed by atoms with Crippen LogP contribution in [0, 0.1) is 6.92 Å². The molecule has 2 rings (SSSR count). The summed E-state index contributed by atoms with van der Waals surface area (Å²) in [5.74, 6) is 0. The molecule has 0 saturated heterocycles. The molecule has 0 amide bonds. The Kier molecular flexibility index (Phi) is 2.93. The third-order valence-corrected chi connectivity index (χ3v) is 3.67. The van der Waals surface area contributed by atoms with Gasteiger partial charge in [0.1, 0.15) is 0 Å². The van der Waals surface area contributed by atoms with Crippen LogP contribution in [0.1, 0.15) is 24.2 Å². The number of rotatable bonds is 4. The maximum atomic E-state index is 4.37. The average Bonchev–Trinajstić information content (AvgIpc) is 2.90. The SMILES string of the molecule is Cc1nn(C)c(CCNC2CC2)c1Br. The molecule has 1 aliphatic rings. The third kappa shape index (κ3) is 2.17. The summed E-state index contributed by atoms with van der Waals surface area (Å²) in [5, 5.41) is 7.87. The van der Waals surface area contributed by atoms with E-state index in [4.69, 9.17) is 0 Å². The van der Waals surface area contributed by atoms with Crippen LogP contribution in [0.25, 0.3) is 0 Å². The van der Waals surface area contributed by atoms with Crippen LogP contribution in [0.4, 0.5) is 0 Å². The van der Waals surface area contributed by atoms with E-state index in [1.807, 2.05) is 18.7 Å². The number of hydrogen-bond acceptors (Lipinski definition) is 2. The molecule has 1 N–H and O–H groups in total. The molecule has 0 aromatic carbocycles. The quantitative estimate of drug-likeness (QED) is 0.892. The van der Waals surface area contributed by atoms with Gasteiger partial charge in [0.15, 0.2) is 0 Å². The van der Waals surface area contributed by atoms with Crippen LogP contribution in [0.3, 0.4) is 0 Å². The van der Waals surface area contributed by atoms with Gasteiger partial charge in [-0.05, 0) is 35.7 Å². The number of hydrogen-bond donors (Lipinski definition) is 1. The maximum Gasteiger partial charge on any atom is 0.0738 e. The predicted octanol–water partition coefficient (Wildman–Crippen LogP) is 1.79. The Morgan fingerprint density at radius 2 is 2.29 bits per heavy atom. The molecular weight excluding hydrogens is 242 g/mol. The van der Waals surface area contributed by atoms with E-state index in [-0.39, 0.29) is 0 Å². The number of halogens is 1. The van der Waals surface area contributed by atoms with E-state index in [0.717, 1.165) is 29.2 Å². The summed E-state index contributed by atoms with van der Waals surface area (Å²) in [5.41, 5.74) is 2.37. The first kappa shape index (κ1) is 10.2. The zero-order chi connectivity index (χ0) is 10.1. The fraction of sp³-hybridized carbons (Fsp3) is 0.700. The largest absolute Gasteiger partial charge is 0.314 e. The Labute approximate surface area is 93.0 Å². The molecule has 0 radical (unpaired) electrons. The minimum absolute atomic E-state index is 0.795. The molecule has 1 saturated carbocycles. The van der Waals surface area contributed by atoms with Crippen LogP contribution in [0.15, 0.2) is 4.47 Å². The highest BCUT2D eigenvalue weighted by Gasteiger charge is 2.20. The Morgan fingerprint density at radius 1 is 1.57 bits per heavy atom. The van der Waals surface area contributed by atoms with Gasteiger partial charge in [-0.2, -0.15) is 5.10 Å². The highest BCUT2D eigenvalue weighted by molar-refractivity contribution is 9.10. The van der Waals surface area contributed by atoms with E-state index in [1.165, 1.54) is 18.5 Å². The average molecular weight is 258 g/mol. The van der Waals surface area contributed by atoms with Crippen molar-refractivity contribution in [2.24, 2.45) is 7.05 Å². The summed E-state index contributed by atoms with van der Waals surface area (Å²) in [4.78, 5) is 0. The van der Waals surface area contributed by atoms with Gasteiger partial charge in [0.05, 0.1) is 15.9 Å². The Bertz CT molecular complexity index is 328. The van der Waals surface area contributed by atoms with Crippen molar-refractivity contribution in [3.05, 3.63) is 15.9 Å². The van der Waals surface area contributed by atoms with E-state index in [0.29, 0.717) is 0 Å². The summed E-state index contributed by atoms with van der Waals surface area (Å²) in [7, 11) is 2.00. The van der Waals surface area contributed by atoms with E-state index in [2.05, 4.69) is 26.3 Å². The van der Waals surface area contributed by atoms with Crippen molar-refractivity contribution in [1.82, 2.24) is 15.1 Å². The lowest BCUT2D eigenvalue weighted by molar-refractivity contribution is 0.638. The van der Waals surface area contributed by atoms with Crippen molar-refractivity contribution >= 4 is 15.9 Å². The van der Waals surface area contributed by atoms with E-state index >= 15 is 0 Å². The van der Waals surface area contributed by atoms with Crippen molar-refractivity contribution in [2.75, 3.05) is 6.54 Å². The van der Waals surface area contributed by atoms with Crippen molar-refractivity contribution < 1.29 is 0 Å². The molecule has 1 heterocycles.